The van der Waals surface area contributed by atoms with Crippen molar-refractivity contribution >= 4 is 23.3 Å². The Labute approximate surface area is 129 Å². The highest BCUT2D eigenvalue weighted by molar-refractivity contribution is 7.10. The minimum Gasteiger partial charge on any atom is -0.481 e. The van der Waals surface area contributed by atoms with Crippen molar-refractivity contribution in [2.75, 3.05) is 6.54 Å². The Morgan fingerprint density at radius 2 is 2.00 bits per heavy atom. The highest BCUT2D eigenvalue weighted by Crippen LogP contribution is 2.31. The topological polar surface area (TPSA) is 69.6 Å². The molecule has 116 valence electrons. The molecule has 2 N–H and O–H groups in total. The van der Waals surface area contributed by atoms with Crippen LogP contribution < -0.4 is 5.32 Å². The summed E-state index contributed by atoms with van der Waals surface area (Å²) in [5.74, 6) is -0.924. The fourth-order valence-electron chi connectivity index (χ4n) is 2.19. The molecule has 0 aromatic carbocycles. The lowest BCUT2D eigenvalue weighted by Crippen LogP contribution is -2.59. The van der Waals surface area contributed by atoms with Gasteiger partial charge in [-0.15, -0.1) is 11.3 Å². The van der Waals surface area contributed by atoms with E-state index in [2.05, 4.69) is 5.32 Å². The third-order valence-corrected chi connectivity index (χ3v) is 5.63. The minimum atomic E-state index is -1.05. The van der Waals surface area contributed by atoms with Crippen molar-refractivity contribution in [1.29, 1.82) is 0 Å². The normalized spacial score (nSPS) is 15.5. The summed E-state index contributed by atoms with van der Waals surface area (Å²) in [7, 11) is 0. The van der Waals surface area contributed by atoms with Crippen LogP contribution in [0.5, 0.6) is 0 Å². The lowest BCUT2D eigenvalue weighted by molar-refractivity contribution is -0.150. The van der Waals surface area contributed by atoms with Crippen LogP contribution >= 0.6 is 11.3 Å². The largest absolute Gasteiger partial charge is 0.481 e. The molecule has 0 spiro atoms. The van der Waals surface area contributed by atoms with Crippen LogP contribution in [0.2, 0.25) is 0 Å². The summed E-state index contributed by atoms with van der Waals surface area (Å²) in [5, 5.41) is 14.3. The predicted octanol–water partition coefficient (Wildman–Crippen LogP) is 2.71. The molecule has 5 nitrogen and oxygen atoms in total. The lowest BCUT2D eigenvalue weighted by atomic mass is 9.74. The van der Waals surface area contributed by atoms with Crippen LogP contribution in [0.4, 0.5) is 4.79 Å². The molecule has 1 aromatic heterocycles. The number of carbonyl (C=O) groups excluding carboxylic acids is 1. The number of urea groups is 1. The van der Waals surface area contributed by atoms with Gasteiger partial charge in [0.2, 0.25) is 0 Å². The maximum Gasteiger partial charge on any atom is 0.318 e. The molecule has 21 heavy (non-hydrogen) atoms. The average molecular weight is 310 g/mol. The van der Waals surface area contributed by atoms with E-state index in [1.165, 1.54) is 10.4 Å². The number of carboxylic acids is 1. The predicted molar refractivity (Wildman–Crippen MR) is 82.5 cm³/mol. The van der Waals surface area contributed by atoms with Crippen molar-refractivity contribution in [2.45, 2.75) is 46.2 Å². The minimum absolute atomic E-state index is 0.203. The number of amides is 2. The van der Waals surface area contributed by atoms with Crippen molar-refractivity contribution in [2.24, 2.45) is 5.41 Å². The molecule has 1 aromatic rings. The number of carbonyl (C=O) groups is 2. The van der Waals surface area contributed by atoms with Crippen molar-refractivity contribution in [3.63, 3.8) is 0 Å². The summed E-state index contributed by atoms with van der Waals surface area (Å²) in [5.41, 5.74) is -0.701. The van der Waals surface area contributed by atoms with E-state index >= 15 is 0 Å². The van der Waals surface area contributed by atoms with Gasteiger partial charge in [-0.25, -0.2) is 4.79 Å². The summed E-state index contributed by atoms with van der Waals surface area (Å²) in [4.78, 5) is 26.9. The van der Waals surface area contributed by atoms with Gasteiger partial charge in [-0.1, -0.05) is 0 Å². The van der Waals surface area contributed by atoms with Gasteiger partial charge in [0.25, 0.3) is 0 Å². The fourth-order valence-corrected chi connectivity index (χ4v) is 3.08. The molecule has 0 saturated heterocycles. The molecule has 2 amide bonds. The first kappa shape index (κ1) is 15.8. The second kappa shape index (κ2) is 5.33. The van der Waals surface area contributed by atoms with Crippen LogP contribution in [0.25, 0.3) is 0 Å². The van der Waals surface area contributed by atoms with E-state index in [1.54, 1.807) is 43.9 Å². The highest BCUT2D eigenvalue weighted by Gasteiger charge is 2.45. The Balaban J connectivity index is 2.07. The van der Waals surface area contributed by atoms with Crippen molar-refractivity contribution in [3.8, 4) is 0 Å². The molecule has 0 radical (unpaired) electrons. The summed E-state index contributed by atoms with van der Waals surface area (Å²) in [6, 6.07) is 1.84. The smallest absolute Gasteiger partial charge is 0.318 e. The van der Waals surface area contributed by atoms with Crippen LogP contribution in [-0.2, 0) is 17.8 Å². The monoisotopic (exact) mass is 310 g/mol. The van der Waals surface area contributed by atoms with E-state index in [-0.39, 0.29) is 6.03 Å². The Hall–Kier alpha value is -1.56. The summed E-state index contributed by atoms with van der Waals surface area (Å²) >= 11 is 1.72. The second-order valence-corrected chi connectivity index (χ2v) is 7.53. The molecule has 1 aliphatic heterocycles. The molecule has 0 atom stereocenters. The number of nitrogens with one attached hydrogen (secondary N) is 1. The van der Waals surface area contributed by atoms with E-state index in [0.717, 1.165) is 6.42 Å². The third-order valence-electron chi connectivity index (χ3n) is 4.61. The van der Waals surface area contributed by atoms with E-state index < -0.39 is 16.9 Å². The number of aliphatic carboxylic acids is 1. The molecular formula is C15H22N2O3S. The second-order valence-electron chi connectivity index (χ2n) is 6.53. The summed E-state index contributed by atoms with van der Waals surface area (Å²) in [6.07, 6.45) is 0.864. The zero-order valence-corrected chi connectivity index (χ0v) is 13.7. The fraction of sp³-hybridized carbons (Fsp3) is 0.600. The zero-order valence-electron chi connectivity index (χ0n) is 12.9. The SMILES string of the molecule is CC(C)(NC(=O)N1CCc2sccc2C1)C(C)(C)C(=O)O. The van der Waals surface area contributed by atoms with Crippen LogP contribution in [0, 0.1) is 5.41 Å². The Bertz CT molecular complexity index is 563. The first-order valence-electron chi connectivity index (χ1n) is 7.01. The van der Waals surface area contributed by atoms with Crippen LogP contribution in [-0.4, -0.2) is 34.1 Å². The van der Waals surface area contributed by atoms with Gasteiger partial charge >= 0.3 is 12.0 Å². The number of hydrogen-bond donors (Lipinski definition) is 2. The van der Waals surface area contributed by atoms with E-state index in [9.17, 15) is 14.7 Å². The molecule has 0 saturated carbocycles. The van der Waals surface area contributed by atoms with Gasteiger partial charge in [0.1, 0.15) is 0 Å². The van der Waals surface area contributed by atoms with Gasteiger partial charge in [0, 0.05) is 18.0 Å². The molecule has 1 aliphatic rings. The molecule has 2 heterocycles. The van der Waals surface area contributed by atoms with Crippen molar-refractivity contribution < 1.29 is 14.7 Å². The van der Waals surface area contributed by atoms with Crippen LogP contribution in [0.15, 0.2) is 11.4 Å². The number of thiophene rings is 1. The number of nitrogens with zero attached hydrogens (tertiary/aromatic N) is 1. The molecule has 0 unspecified atom stereocenters. The highest BCUT2D eigenvalue weighted by atomic mass is 32.1. The quantitative estimate of drug-likeness (QED) is 0.902. The Morgan fingerprint density at radius 3 is 2.62 bits per heavy atom. The summed E-state index contributed by atoms with van der Waals surface area (Å²) in [6.45, 7) is 8.01. The molecule has 0 aliphatic carbocycles. The van der Waals surface area contributed by atoms with Gasteiger partial charge in [0.05, 0.1) is 11.0 Å². The van der Waals surface area contributed by atoms with E-state index in [1.807, 2.05) is 11.4 Å². The van der Waals surface area contributed by atoms with Crippen molar-refractivity contribution in [1.82, 2.24) is 10.2 Å². The maximum absolute atomic E-state index is 12.4. The van der Waals surface area contributed by atoms with Crippen LogP contribution in [0.1, 0.15) is 38.1 Å². The van der Waals surface area contributed by atoms with Gasteiger partial charge in [-0.3, -0.25) is 4.79 Å². The van der Waals surface area contributed by atoms with Gasteiger partial charge in [-0.2, -0.15) is 0 Å². The van der Waals surface area contributed by atoms with Crippen molar-refractivity contribution in [3.05, 3.63) is 21.9 Å². The number of carboxylic acid groups (broad SMARTS) is 1. The van der Waals surface area contributed by atoms with E-state index in [4.69, 9.17) is 0 Å². The standard InChI is InChI=1S/C15H22N2O3S/c1-14(2,12(18)19)15(3,4)16-13(20)17-7-5-11-10(9-17)6-8-21-11/h6,8H,5,7,9H2,1-4H3,(H,16,20)(H,18,19). The first-order valence-corrected chi connectivity index (χ1v) is 7.89. The Morgan fingerprint density at radius 1 is 1.33 bits per heavy atom. The maximum atomic E-state index is 12.4. The molecular weight excluding hydrogens is 288 g/mol. The van der Waals surface area contributed by atoms with Gasteiger partial charge in [-0.05, 0) is 51.1 Å². The molecule has 0 fully saturated rings. The molecule has 6 heteroatoms. The number of hydrogen-bond acceptors (Lipinski definition) is 3. The third kappa shape index (κ3) is 2.90. The number of rotatable bonds is 3. The zero-order chi connectivity index (χ0) is 15.8. The Kier molecular flexibility index (Phi) is 4.02. The van der Waals surface area contributed by atoms with Crippen LogP contribution in [0.3, 0.4) is 0 Å². The van der Waals surface area contributed by atoms with Gasteiger partial charge < -0.3 is 15.3 Å². The molecule has 0 bridgehead atoms. The number of fused-ring (bicyclic) bond motifs is 1. The molecule has 2 rings (SSSR count). The van der Waals surface area contributed by atoms with Gasteiger partial charge in [0.15, 0.2) is 0 Å². The first-order chi connectivity index (χ1) is 9.65. The average Bonchev–Trinajstić information content (AvgIpc) is 2.84. The lowest BCUT2D eigenvalue weighted by Gasteiger charge is -2.40. The summed E-state index contributed by atoms with van der Waals surface area (Å²) < 4.78 is 0. The van der Waals surface area contributed by atoms with E-state index in [0.29, 0.717) is 13.1 Å².